The van der Waals surface area contributed by atoms with E-state index in [0.29, 0.717) is 36.0 Å². The molecule has 0 saturated heterocycles. The molecule has 7 heteroatoms. The van der Waals surface area contributed by atoms with Crippen LogP contribution in [0.25, 0.3) is 10.9 Å². The van der Waals surface area contributed by atoms with E-state index in [1.165, 1.54) is 0 Å². The van der Waals surface area contributed by atoms with Gasteiger partial charge in [-0.2, -0.15) is 0 Å². The van der Waals surface area contributed by atoms with Crippen molar-refractivity contribution in [1.29, 1.82) is 0 Å². The summed E-state index contributed by atoms with van der Waals surface area (Å²) in [5.41, 5.74) is 10.4. The highest BCUT2D eigenvalue weighted by Gasteiger charge is 2.35. The van der Waals surface area contributed by atoms with Gasteiger partial charge in [-0.1, -0.05) is 36.4 Å². The molecule has 4 aromatic rings. The average molecular weight is 474 g/mol. The number of rotatable bonds is 5. The first kappa shape index (κ1) is 21.9. The number of nitrogens with one attached hydrogen (secondary N) is 1. The van der Waals surface area contributed by atoms with Crippen LogP contribution >= 0.6 is 11.6 Å². The number of amides is 1. The van der Waals surface area contributed by atoms with Crippen LogP contribution in [0.1, 0.15) is 22.9 Å². The molecule has 0 bridgehead atoms. The largest absolute Gasteiger partial charge is 0.490 e. The number of carbonyl (C=O) groups is 1. The minimum atomic E-state index is -0.427. The third kappa shape index (κ3) is 4.20. The maximum Gasteiger partial charge on any atom is 0.416 e. The summed E-state index contributed by atoms with van der Waals surface area (Å²) in [5.74, 6) is 1.18. The molecule has 0 radical (unpaired) electrons. The molecule has 0 saturated carbocycles. The standard InChI is InChI=1S/C27H24ClN3O3/c1-2-15-33-20-8-3-17(4-9-20)26-25-22(23-16-18(28)5-12-24(23)30-25)13-14-31(26)27(32)34-21-10-6-19(29)7-11-21/h2-12,16,26,30H,1,13-15,29H2. The quantitative estimate of drug-likeness (QED) is 0.270. The van der Waals surface area contributed by atoms with Crippen LogP contribution < -0.4 is 15.2 Å². The molecule has 5 rings (SSSR count). The number of H-pyrrole nitrogens is 1. The van der Waals surface area contributed by atoms with Crippen molar-refractivity contribution in [3.8, 4) is 11.5 Å². The van der Waals surface area contributed by atoms with Crippen LogP contribution in [0.4, 0.5) is 10.5 Å². The molecule has 1 aromatic heterocycles. The molecule has 1 unspecified atom stereocenters. The lowest BCUT2D eigenvalue weighted by atomic mass is 9.92. The fraction of sp³-hybridized carbons (Fsp3) is 0.148. The van der Waals surface area contributed by atoms with Gasteiger partial charge in [-0.05, 0) is 72.1 Å². The highest BCUT2D eigenvalue weighted by atomic mass is 35.5. The second-order valence-corrected chi connectivity index (χ2v) is 8.60. The number of nitrogen functional groups attached to an aromatic ring is 1. The Balaban J connectivity index is 1.54. The number of carbonyl (C=O) groups excluding carboxylic acids is 1. The monoisotopic (exact) mass is 473 g/mol. The smallest absolute Gasteiger partial charge is 0.416 e. The molecule has 0 aliphatic carbocycles. The molecule has 1 aliphatic rings. The van der Waals surface area contributed by atoms with E-state index in [2.05, 4.69) is 11.6 Å². The molecule has 0 spiro atoms. The Morgan fingerprint density at radius 2 is 1.85 bits per heavy atom. The number of hydrogen-bond acceptors (Lipinski definition) is 4. The van der Waals surface area contributed by atoms with E-state index in [1.807, 2.05) is 42.5 Å². The Morgan fingerprint density at radius 1 is 1.12 bits per heavy atom. The molecule has 6 nitrogen and oxygen atoms in total. The van der Waals surface area contributed by atoms with Gasteiger partial charge < -0.3 is 20.2 Å². The third-order valence-electron chi connectivity index (χ3n) is 5.97. The van der Waals surface area contributed by atoms with Gasteiger partial charge in [-0.3, -0.25) is 4.90 Å². The number of halogens is 1. The van der Waals surface area contributed by atoms with Crippen molar-refractivity contribution in [3.05, 3.63) is 101 Å². The van der Waals surface area contributed by atoms with Crippen LogP contribution in [0.2, 0.25) is 5.02 Å². The second kappa shape index (κ2) is 9.15. The molecule has 34 heavy (non-hydrogen) atoms. The normalized spacial score (nSPS) is 15.1. The summed E-state index contributed by atoms with van der Waals surface area (Å²) in [5, 5.41) is 1.75. The van der Waals surface area contributed by atoms with Crippen LogP contribution in [-0.2, 0) is 6.42 Å². The van der Waals surface area contributed by atoms with Gasteiger partial charge in [-0.25, -0.2) is 4.79 Å². The van der Waals surface area contributed by atoms with Crippen LogP contribution in [-0.4, -0.2) is 29.1 Å². The van der Waals surface area contributed by atoms with Crippen molar-refractivity contribution in [2.45, 2.75) is 12.5 Å². The van der Waals surface area contributed by atoms with Crippen molar-refractivity contribution in [2.75, 3.05) is 18.9 Å². The van der Waals surface area contributed by atoms with Crippen LogP contribution in [0.5, 0.6) is 11.5 Å². The average Bonchev–Trinajstić information content (AvgIpc) is 3.21. The molecule has 3 aromatic carbocycles. The van der Waals surface area contributed by atoms with Gasteiger partial charge in [0.15, 0.2) is 0 Å². The highest BCUT2D eigenvalue weighted by molar-refractivity contribution is 6.31. The van der Waals surface area contributed by atoms with Gasteiger partial charge in [0.05, 0.1) is 0 Å². The molecule has 1 atom stereocenters. The third-order valence-corrected chi connectivity index (χ3v) is 6.21. The number of hydrogen-bond donors (Lipinski definition) is 2. The molecule has 2 heterocycles. The minimum absolute atomic E-state index is 0.357. The number of fused-ring (bicyclic) bond motifs is 3. The van der Waals surface area contributed by atoms with Crippen molar-refractivity contribution in [2.24, 2.45) is 0 Å². The van der Waals surface area contributed by atoms with Gasteiger partial charge in [0.1, 0.15) is 24.1 Å². The molecule has 1 aliphatic heterocycles. The lowest BCUT2D eigenvalue weighted by Gasteiger charge is -2.35. The highest BCUT2D eigenvalue weighted by Crippen LogP contribution is 2.40. The van der Waals surface area contributed by atoms with Crippen molar-refractivity contribution >= 4 is 34.3 Å². The predicted molar refractivity (Wildman–Crippen MR) is 135 cm³/mol. The van der Waals surface area contributed by atoms with E-state index >= 15 is 0 Å². The summed E-state index contributed by atoms with van der Waals surface area (Å²) in [6.45, 7) is 4.61. The number of benzene rings is 3. The maximum absolute atomic E-state index is 13.3. The number of nitrogens with two attached hydrogens (primary N) is 1. The molecule has 1 amide bonds. The first-order valence-corrected chi connectivity index (χ1v) is 11.4. The van der Waals surface area contributed by atoms with Gasteiger partial charge in [0.25, 0.3) is 0 Å². The van der Waals surface area contributed by atoms with Gasteiger partial charge in [-0.15, -0.1) is 0 Å². The lowest BCUT2D eigenvalue weighted by molar-refractivity contribution is 0.135. The Bertz CT molecular complexity index is 1350. The Hall–Kier alpha value is -3.90. The van der Waals surface area contributed by atoms with E-state index in [-0.39, 0.29) is 6.04 Å². The number of anilines is 1. The summed E-state index contributed by atoms with van der Waals surface area (Å²) in [6.07, 6.45) is 1.96. The van der Waals surface area contributed by atoms with E-state index in [4.69, 9.17) is 26.8 Å². The van der Waals surface area contributed by atoms with Crippen LogP contribution in [0.3, 0.4) is 0 Å². The fourth-order valence-electron chi connectivity index (χ4n) is 4.40. The summed E-state index contributed by atoms with van der Waals surface area (Å²) in [4.78, 5) is 18.6. The molecular weight excluding hydrogens is 450 g/mol. The molecule has 172 valence electrons. The first-order valence-electron chi connectivity index (χ1n) is 11.0. The first-order chi connectivity index (χ1) is 16.5. The zero-order valence-electron chi connectivity index (χ0n) is 18.5. The summed E-state index contributed by atoms with van der Waals surface area (Å²) in [6, 6.07) is 20.0. The maximum atomic E-state index is 13.3. The van der Waals surface area contributed by atoms with E-state index in [9.17, 15) is 4.79 Å². The lowest BCUT2D eigenvalue weighted by Crippen LogP contribution is -2.42. The zero-order chi connectivity index (χ0) is 23.7. The summed E-state index contributed by atoms with van der Waals surface area (Å²) >= 11 is 6.28. The number of aromatic nitrogens is 1. The molecular formula is C27H24ClN3O3. The van der Waals surface area contributed by atoms with Gasteiger partial charge in [0, 0.05) is 33.9 Å². The topological polar surface area (TPSA) is 80.6 Å². The Labute approximate surface area is 202 Å². The predicted octanol–water partition coefficient (Wildman–Crippen LogP) is 6.11. The van der Waals surface area contributed by atoms with E-state index in [0.717, 1.165) is 33.5 Å². The molecule has 3 N–H and O–H groups in total. The van der Waals surface area contributed by atoms with Crippen molar-refractivity contribution in [3.63, 3.8) is 0 Å². The Kier molecular flexibility index (Phi) is 5.90. The van der Waals surface area contributed by atoms with Gasteiger partial charge >= 0.3 is 6.09 Å². The minimum Gasteiger partial charge on any atom is -0.490 e. The van der Waals surface area contributed by atoms with Gasteiger partial charge in [0.2, 0.25) is 0 Å². The van der Waals surface area contributed by atoms with Crippen molar-refractivity contribution < 1.29 is 14.3 Å². The van der Waals surface area contributed by atoms with E-state index < -0.39 is 6.09 Å². The molecule has 0 fully saturated rings. The summed E-state index contributed by atoms with van der Waals surface area (Å²) < 4.78 is 11.3. The zero-order valence-corrected chi connectivity index (χ0v) is 19.2. The summed E-state index contributed by atoms with van der Waals surface area (Å²) in [7, 11) is 0. The van der Waals surface area contributed by atoms with Crippen molar-refractivity contribution in [1.82, 2.24) is 9.88 Å². The number of nitrogens with zero attached hydrogens (tertiary/aromatic N) is 1. The van der Waals surface area contributed by atoms with Crippen LogP contribution in [0.15, 0.2) is 79.4 Å². The Morgan fingerprint density at radius 3 is 2.59 bits per heavy atom. The van der Waals surface area contributed by atoms with E-state index in [1.54, 1.807) is 35.2 Å². The second-order valence-electron chi connectivity index (χ2n) is 8.16. The fourth-order valence-corrected chi connectivity index (χ4v) is 4.57. The number of aromatic amines is 1. The van der Waals surface area contributed by atoms with Crippen LogP contribution in [0, 0.1) is 0 Å². The number of ether oxygens (including phenoxy) is 2. The SMILES string of the molecule is C=CCOc1ccc(C2c3[nH]c4ccc(Cl)cc4c3CCN2C(=O)Oc2ccc(N)cc2)cc1.